The maximum Gasteiger partial charge on any atom is 0.272 e. The Kier molecular flexibility index (Phi) is 6.38. The summed E-state index contributed by atoms with van der Waals surface area (Å²) in [5.41, 5.74) is 3.15. The minimum atomic E-state index is -3.34. The number of benzene rings is 1. The van der Waals surface area contributed by atoms with Gasteiger partial charge in [-0.05, 0) is 62.4 Å². The van der Waals surface area contributed by atoms with Gasteiger partial charge in [0.05, 0.1) is 36.0 Å². The van der Waals surface area contributed by atoms with E-state index in [0.29, 0.717) is 48.9 Å². The Labute approximate surface area is 204 Å². The van der Waals surface area contributed by atoms with Crippen molar-refractivity contribution in [1.82, 2.24) is 19.9 Å². The van der Waals surface area contributed by atoms with E-state index in [0.717, 1.165) is 24.0 Å². The highest BCUT2D eigenvalue weighted by Crippen LogP contribution is 2.35. The fourth-order valence-corrected chi connectivity index (χ4v) is 5.69. The minimum Gasteiger partial charge on any atom is -0.477 e. The van der Waals surface area contributed by atoms with Gasteiger partial charge in [0.2, 0.25) is 15.9 Å². The average Bonchev–Trinajstić information content (AvgIpc) is 3.62. The van der Waals surface area contributed by atoms with Gasteiger partial charge in [-0.2, -0.15) is 0 Å². The molecule has 1 aliphatic carbocycles. The number of ether oxygens (including phenoxy) is 1. The van der Waals surface area contributed by atoms with Crippen molar-refractivity contribution in [2.45, 2.75) is 43.9 Å². The molecule has 2 fully saturated rings. The number of likely N-dealkylation sites (tertiary alicyclic amines) is 1. The number of carbonyl (C=O) groups is 1. The van der Waals surface area contributed by atoms with Crippen LogP contribution in [0.2, 0.25) is 0 Å². The van der Waals surface area contributed by atoms with Crippen LogP contribution in [0.15, 0.2) is 55.0 Å². The molecule has 2 aliphatic rings. The molecule has 1 N–H and O–H groups in total. The molecule has 1 atom stereocenters. The van der Waals surface area contributed by atoms with Crippen LogP contribution in [0.25, 0.3) is 11.3 Å². The molecule has 10 heteroatoms. The van der Waals surface area contributed by atoms with Crippen LogP contribution in [0.5, 0.6) is 5.88 Å². The van der Waals surface area contributed by atoms with Crippen LogP contribution in [0.1, 0.15) is 54.7 Å². The summed E-state index contributed by atoms with van der Waals surface area (Å²) >= 11 is 0. The molecule has 0 radical (unpaired) electrons. The summed E-state index contributed by atoms with van der Waals surface area (Å²) in [7, 11) is -3.34. The fraction of sp³-hybridized carbons (Fsp3) is 0.360. The monoisotopic (exact) mass is 493 g/mol. The predicted octanol–water partition coefficient (Wildman–Crippen LogP) is 3.82. The number of aromatic nitrogens is 3. The van der Waals surface area contributed by atoms with Crippen LogP contribution < -0.4 is 9.46 Å². The molecule has 1 saturated carbocycles. The number of hydrogen-bond acceptors (Lipinski definition) is 7. The molecule has 182 valence electrons. The summed E-state index contributed by atoms with van der Waals surface area (Å²) in [4.78, 5) is 28.1. The molecular weight excluding hydrogens is 466 g/mol. The Morgan fingerprint density at radius 3 is 2.74 bits per heavy atom. The van der Waals surface area contributed by atoms with Gasteiger partial charge in [0.1, 0.15) is 5.69 Å². The molecule has 35 heavy (non-hydrogen) atoms. The molecule has 3 aromatic rings. The van der Waals surface area contributed by atoms with Gasteiger partial charge in [0.15, 0.2) is 0 Å². The Balaban J connectivity index is 1.32. The molecule has 0 unspecified atom stereocenters. The number of hydrogen-bond donors (Lipinski definition) is 1. The molecule has 2 aromatic heterocycles. The smallest absolute Gasteiger partial charge is 0.272 e. The lowest BCUT2D eigenvalue weighted by molar-refractivity contribution is 0.0729. The van der Waals surface area contributed by atoms with E-state index in [4.69, 9.17) is 4.74 Å². The minimum absolute atomic E-state index is 0.136. The van der Waals surface area contributed by atoms with Gasteiger partial charge < -0.3 is 9.64 Å². The predicted molar refractivity (Wildman–Crippen MR) is 131 cm³/mol. The Morgan fingerprint density at radius 2 is 2.00 bits per heavy atom. The topological polar surface area (TPSA) is 114 Å². The normalized spacial score (nSPS) is 17.9. The van der Waals surface area contributed by atoms with E-state index in [1.807, 2.05) is 30.0 Å². The van der Waals surface area contributed by atoms with E-state index < -0.39 is 10.0 Å². The van der Waals surface area contributed by atoms with Crippen LogP contribution in [0.3, 0.4) is 0 Å². The number of rotatable bonds is 8. The van der Waals surface area contributed by atoms with Crippen molar-refractivity contribution in [3.8, 4) is 17.1 Å². The van der Waals surface area contributed by atoms with Gasteiger partial charge >= 0.3 is 0 Å². The Hall–Kier alpha value is -3.53. The molecule has 0 bridgehead atoms. The highest BCUT2D eigenvalue weighted by atomic mass is 32.2. The van der Waals surface area contributed by atoms with E-state index in [1.165, 1.54) is 0 Å². The SMILES string of the molecule is CCOc1cncc(-c2ccc(C(=O)N3CCC[C@@H]3c3cccc(NS(=O)(=O)C4CC4)c3)nc2)n1. The third-order valence-corrected chi connectivity index (χ3v) is 8.06. The first-order chi connectivity index (χ1) is 16.9. The summed E-state index contributed by atoms with van der Waals surface area (Å²) in [5, 5.41) is -0.294. The molecule has 1 aliphatic heterocycles. The molecule has 0 spiro atoms. The lowest BCUT2D eigenvalue weighted by Gasteiger charge is -2.25. The standard InChI is InChI=1S/C25H27N5O4S/c1-2-34-24-16-26-15-22(28-24)18-8-11-21(27-14-18)25(31)30-12-4-7-23(30)17-5-3-6-19(13-17)29-35(32,33)20-9-10-20/h3,5-6,8,11,13-16,20,23,29H,2,4,7,9-10,12H2,1H3/t23-/m1/s1. The van der Waals surface area contributed by atoms with Crippen LogP contribution in [0.4, 0.5) is 5.69 Å². The van der Waals surface area contributed by atoms with Gasteiger partial charge in [-0.1, -0.05) is 12.1 Å². The Bertz CT molecular complexity index is 1330. The molecular formula is C25H27N5O4S. The largest absolute Gasteiger partial charge is 0.477 e. The molecule has 1 aromatic carbocycles. The molecule has 1 saturated heterocycles. The summed E-state index contributed by atoms with van der Waals surface area (Å²) in [6.45, 7) is 2.99. The van der Waals surface area contributed by atoms with Crippen molar-refractivity contribution in [2.75, 3.05) is 17.9 Å². The van der Waals surface area contributed by atoms with Gasteiger partial charge in [-0.25, -0.2) is 13.4 Å². The second-order valence-electron chi connectivity index (χ2n) is 8.74. The lowest BCUT2D eigenvalue weighted by atomic mass is 10.0. The van der Waals surface area contributed by atoms with Crippen LogP contribution >= 0.6 is 0 Å². The number of nitrogens with one attached hydrogen (secondary N) is 1. The zero-order chi connectivity index (χ0) is 24.4. The summed E-state index contributed by atoms with van der Waals surface area (Å²) in [6, 6.07) is 10.7. The van der Waals surface area contributed by atoms with Crippen molar-refractivity contribution in [2.24, 2.45) is 0 Å². The second-order valence-corrected chi connectivity index (χ2v) is 10.7. The number of nitrogens with zero attached hydrogens (tertiary/aromatic N) is 4. The number of anilines is 1. The number of carbonyl (C=O) groups excluding carboxylic acids is 1. The number of pyridine rings is 1. The van der Waals surface area contributed by atoms with E-state index >= 15 is 0 Å². The van der Waals surface area contributed by atoms with Crippen molar-refractivity contribution in [1.29, 1.82) is 0 Å². The highest BCUT2D eigenvalue weighted by molar-refractivity contribution is 7.93. The highest BCUT2D eigenvalue weighted by Gasteiger charge is 2.36. The zero-order valence-electron chi connectivity index (χ0n) is 19.4. The summed E-state index contributed by atoms with van der Waals surface area (Å²) in [6.07, 6.45) is 7.88. The van der Waals surface area contributed by atoms with Crippen molar-refractivity contribution in [3.05, 3.63) is 66.2 Å². The van der Waals surface area contributed by atoms with Crippen LogP contribution in [-0.2, 0) is 10.0 Å². The Morgan fingerprint density at radius 1 is 1.14 bits per heavy atom. The zero-order valence-corrected chi connectivity index (χ0v) is 20.2. The third kappa shape index (κ3) is 5.12. The van der Waals surface area contributed by atoms with E-state index in [1.54, 1.807) is 36.8 Å². The van der Waals surface area contributed by atoms with Crippen molar-refractivity contribution < 1.29 is 17.9 Å². The molecule has 3 heterocycles. The summed E-state index contributed by atoms with van der Waals surface area (Å²) in [5.74, 6) is 0.281. The van der Waals surface area contributed by atoms with Crippen molar-refractivity contribution >= 4 is 21.6 Å². The van der Waals surface area contributed by atoms with Crippen LogP contribution in [0, 0.1) is 0 Å². The first-order valence-electron chi connectivity index (χ1n) is 11.8. The summed E-state index contributed by atoms with van der Waals surface area (Å²) < 4.78 is 32.8. The van der Waals surface area contributed by atoms with E-state index in [2.05, 4.69) is 19.7 Å². The molecule has 5 rings (SSSR count). The molecule has 9 nitrogen and oxygen atoms in total. The van der Waals surface area contributed by atoms with Gasteiger partial charge in [0, 0.05) is 24.0 Å². The van der Waals surface area contributed by atoms with E-state index in [9.17, 15) is 13.2 Å². The average molecular weight is 494 g/mol. The lowest BCUT2D eigenvalue weighted by Crippen LogP contribution is -2.31. The van der Waals surface area contributed by atoms with E-state index in [-0.39, 0.29) is 17.2 Å². The second kappa shape index (κ2) is 9.61. The third-order valence-electron chi connectivity index (χ3n) is 6.19. The molecule has 1 amide bonds. The van der Waals surface area contributed by atoms with Crippen LogP contribution in [-0.4, -0.2) is 52.6 Å². The first kappa shape index (κ1) is 23.2. The van der Waals surface area contributed by atoms with Gasteiger partial charge in [-0.15, -0.1) is 0 Å². The first-order valence-corrected chi connectivity index (χ1v) is 13.3. The van der Waals surface area contributed by atoms with Gasteiger partial charge in [-0.3, -0.25) is 19.5 Å². The quantitative estimate of drug-likeness (QED) is 0.507. The number of sulfonamides is 1. The van der Waals surface area contributed by atoms with Crippen molar-refractivity contribution in [3.63, 3.8) is 0 Å². The maximum atomic E-state index is 13.3. The van der Waals surface area contributed by atoms with Gasteiger partial charge in [0.25, 0.3) is 5.91 Å². The number of amides is 1. The fourth-order valence-electron chi connectivity index (χ4n) is 4.32. The maximum absolute atomic E-state index is 13.3.